The first-order chi connectivity index (χ1) is 9.77. The maximum absolute atomic E-state index is 11.4. The second-order valence-corrected chi connectivity index (χ2v) is 8.57. The molecule has 1 heterocycles. The van der Waals surface area contributed by atoms with E-state index in [0.29, 0.717) is 26.7 Å². The third-order valence-electron chi connectivity index (χ3n) is 2.91. The van der Waals surface area contributed by atoms with Crippen LogP contribution in [0.5, 0.6) is 5.75 Å². The number of hydrogen-bond acceptors (Lipinski definition) is 4. The second kappa shape index (κ2) is 6.50. The van der Waals surface area contributed by atoms with Crippen molar-refractivity contribution in [3.05, 3.63) is 32.7 Å². The van der Waals surface area contributed by atoms with E-state index < -0.39 is 15.8 Å². The fraction of sp³-hybridized carbons (Fsp3) is 0.308. The molecule has 1 fully saturated rings. The molecular weight excluding hydrogens is 428 g/mol. The standard InChI is InChI=1S/C13H12Br2O5S/c14-10-5-8(1-2-12(16)17)6-11(15)13(10)20-9-3-4-21(18,19)7-9/h1-2,5-6,9H,3-4,7H2,(H,16,17)/b2-1+. The lowest BCUT2D eigenvalue weighted by Gasteiger charge is -2.15. The van der Waals surface area contributed by atoms with Gasteiger partial charge in [0, 0.05) is 6.08 Å². The molecule has 1 atom stereocenters. The average molecular weight is 440 g/mol. The van der Waals surface area contributed by atoms with Crippen molar-refractivity contribution in [2.75, 3.05) is 11.5 Å². The van der Waals surface area contributed by atoms with Crippen molar-refractivity contribution in [1.29, 1.82) is 0 Å². The summed E-state index contributed by atoms with van der Waals surface area (Å²) in [5, 5.41) is 8.61. The number of carboxylic acid groups (broad SMARTS) is 1. The van der Waals surface area contributed by atoms with Gasteiger partial charge in [0.25, 0.3) is 0 Å². The Morgan fingerprint density at radius 1 is 1.33 bits per heavy atom. The molecule has 1 saturated heterocycles. The van der Waals surface area contributed by atoms with Gasteiger partial charge < -0.3 is 9.84 Å². The normalized spacial score (nSPS) is 20.8. The van der Waals surface area contributed by atoms with Crippen molar-refractivity contribution in [3.63, 3.8) is 0 Å². The molecule has 0 amide bonds. The Hall–Kier alpha value is -0.860. The summed E-state index contributed by atoms with van der Waals surface area (Å²) < 4.78 is 29.9. The zero-order valence-corrected chi connectivity index (χ0v) is 14.7. The third-order valence-corrected chi connectivity index (χ3v) is 5.83. The summed E-state index contributed by atoms with van der Waals surface area (Å²) in [4.78, 5) is 10.5. The largest absolute Gasteiger partial charge is 0.487 e. The van der Waals surface area contributed by atoms with Crippen molar-refractivity contribution in [1.82, 2.24) is 0 Å². The third kappa shape index (κ3) is 4.55. The van der Waals surface area contributed by atoms with Crippen LogP contribution >= 0.6 is 31.9 Å². The molecule has 0 bridgehead atoms. The van der Waals surface area contributed by atoms with Crippen LogP contribution in [0.1, 0.15) is 12.0 Å². The molecule has 114 valence electrons. The Morgan fingerprint density at radius 3 is 2.43 bits per heavy atom. The lowest BCUT2D eigenvalue weighted by atomic mass is 10.2. The van der Waals surface area contributed by atoms with Crippen molar-refractivity contribution in [2.45, 2.75) is 12.5 Å². The quantitative estimate of drug-likeness (QED) is 0.729. The minimum Gasteiger partial charge on any atom is -0.487 e. The molecule has 0 aromatic heterocycles. The molecule has 8 heteroatoms. The monoisotopic (exact) mass is 438 g/mol. The van der Waals surface area contributed by atoms with Crippen molar-refractivity contribution in [2.24, 2.45) is 0 Å². The van der Waals surface area contributed by atoms with Crippen molar-refractivity contribution < 1.29 is 23.1 Å². The van der Waals surface area contributed by atoms with E-state index in [4.69, 9.17) is 9.84 Å². The number of halogens is 2. The molecule has 0 spiro atoms. The van der Waals surface area contributed by atoms with Crippen LogP contribution in [0.4, 0.5) is 0 Å². The number of aliphatic carboxylic acids is 1. The molecule has 2 rings (SSSR count). The summed E-state index contributed by atoms with van der Waals surface area (Å²) in [5.41, 5.74) is 0.683. The SMILES string of the molecule is O=C(O)/C=C/c1cc(Br)c(OC2CCS(=O)(=O)C2)c(Br)c1. The minimum atomic E-state index is -3.00. The molecule has 1 aromatic carbocycles. The van der Waals surface area contributed by atoms with E-state index in [1.807, 2.05) is 0 Å². The van der Waals surface area contributed by atoms with E-state index >= 15 is 0 Å². The Bertz CT molecular complexity index is 674. The maximum Gasteiger partial charge on any atom is 0.328 e. The molecule has 0 radical (unpaired) electrons. The predicted molar refractivity (Wildman–Crippen MR) is 86.2 cm³/mol. The highest BCUT2D eigenvalue weighted by atomic mass is 79.9. The van der Waals surface area contributed by atoms with Gasteiger partial charge in [-0.15, -0.1) is 0 Å². The van der Waals surface area contributed by atoms with Gasteiger partial charge in [0.05, 0.1) is 20.5 Å². The van der Waals surface area contributed by atoms with Gasteiger partial charge in [0.1, 0.15) is 11.9 Å². The Labute approximate surface area is 139 Å². The highest BCUT2D eigenvalue weighted by Crippen LogP contribution is 2.36. The molecule has 1 aliphatic rings. The Morgan fingerprint density at radius 2 is 1.95 bits per heavy atom. The summed E-state index contributed by atoms with van der Waals surface area (Å²) in [6.07, 6.45) is 2.62. The molecule has 21 heavy (non-hydrogen) atoms. The van der Waals surface area contributed by atoms with Gasteiger partial charge in [0.2, 0.25) is 0 Å². The number of rotatable bonds is 4. The van der Waals surface area contributed by atoms with E-state index in [1.54, 1.807) is 12.1 Å². The van der Waals surface area contributed by atoms with Crippen LogP contribution in [0.2, 0.25) is 0 Å². The van der Waals surface area contributed by atoms with E-state index in [1.165, 1.54) is 6.08 Å². The number of sulfone groups is 1. The predicted octanol–water partition coefficient (Wildman–Crippen LogP) is 2.88. The number of carboxylic acids is 1. The summed E-state index contributed by atoms with van der Waals surface area (Å²) in [5.74, 6) is -0.345. The number of benzene rings is 1. The van der Waals surface area contributed by atoms with E-state index in [0.717, 1.165) is 6.08 Å². The van der Waals surface area contributed by atoms with Crippen LogP contribution in [0.15, 0.2) is 27.2 Å². The summed E-state index contributed by atoms with van der Waals surface area (Å²) >= 11 is 6.71. The van der Waals surface area contributed by atoms with Crippen LogP contribution in [0.3, 0.4) is 0 Å². The van der Waals surface area contributed by atoms with Crippen molar-refractivity contribution in [3.8, 4) is 5.75 Å². The average Bonchev–Trinajstić information content (AvgIpc) is 2.71. The van der Waals surface area contributed by atoms with Gasteiger partial charge in [0.15, 0.2) is 9.84 Å². The number of hydrogen-bond donors (Lipinski definition) is 1. The molecule has 5 nitrogen and oxygen atoms in total. The highest BCUT2D eigenvalue weighted by Gasteiger charge is 2.30. The smallest absolute Gasteiger partial charge is 0.328 e. The first-order valence-corrected chi connectivity index (χ1v) is 9.45. The van der Waals surface area contributed by atoms with Gasteiger partial charge in [-0.2, -0.15) is 0 Å². The van der Waals surface area contributed by atoms with E-state index in [2.05, 4.69) is 31.9 Å². The highest BCUT2D eigenvalue weighted by molar-refractivity contribution is 9.11. The van der Waals surface area contributed by atoms with Gasteiger partial charge >= 0.3 is 5.97 Å². The first kappa shape index (κ1) is 16.5. The fourth-order valence-corrected chi connectivity index (χ4v) is 4.97. The summed E-state index contributed by atoms with van der Waals surface area (Å²) in [6, 6.07) is 3.42. The van der Waals surface area contributed by atoms with Gasteiger partial charge in [-0.1, -0.05) is 0 Å². The zero-order chi connectivity index (χ0) is 15.6. The topological polar surface area (TPSA) is 80.7 Å². The van der Waals surface area contributed by atoms with Crippen LogP contribution in [0.25, 0.3) is 6.08 Å². The first-order valence-electron chi connectivity index (χ1n) is 6.04. The second-order valence-electron chi connectivity index (χ2n) is 4.63. The zero-order valence-electron chi connectivity index (χ0n) is 10.8. The summed E-state index contributed by atoms with van der Waals surface area (Å²) in [6.45, 7) is 0. The molecule has 0 saturated carbocycles. The number of carbonyl (C=O) groups is 1. The van der Waals surface area contributed by atoms with E-state index in [-0.39, 0.29) is 17.6 Å². The molecule has 1 N–H and O–H groups in total. The molecular formula is C13H12Br2O5S. The molecule has 1 aromatic rings. The maximum atomic E-state index is 11.4. The van der Waals surface area contributed by atoms with Crippen LogP contribution in [-0.2, 0) is 14.6 Å². The molecule has 0 aliphatic carbocycles. The van der Waals surface area contributed by atoms with Crippen LogP contribution < -0.4 is 4.74 Å². The van der Waals surface area contributed by atoms with Gasteiger partial charge in [-0.3, -0.25) is 0 Å². The van der Waals surface area contributed by atoms with Gasteiger partial charge in [-0.05, 0) is 62.1 Å². The number of ether oxygens (including phenoxy) is 1. The van der Waals surface area contributed by atoms with Gasteiger partial charge in [-0.25, -0.2) is 13.2 Å². The fourth-order valence-electron chi connectivity index (χ4n) is 1.98. The van der Waals surface area contributed by atoms with Crippen LogP contribution in [0, 0.1) is 0 Å². The summed E-state index contributed by atoms with van der Waals surface area (Å²) in [7, 11) is -3.00. The molecule has 1 unspecified atom stereocenters. The lowest BCUT2D eigenvalue weighted by molar-refractivity contribution is -0.131. The van der Waals surface area contributed by atoms with Crippen molar-refractivity contribution >= 4 is 53.7 Å². The minimum absolute atomic E-state index is 0.0204. The Balaban J connectivity index is 2.20. The van der Waals surface area contributed by atoms with E-state index in [9.17, 15) is 13.2 Å². The Kier molecular flexibility index (Phi) is 5.11. The lowest BCUT2D eigenvalue weighted by Crippen LogP contribution is -2.18. The van der Waals surface area contributed by atoms with Crippen LogP contribution in [-0.4, -0.2) is 37.1 Å². The molecule has 1 aliphatic heterocycles.